The second-order valence-electron chi connectivity index (χ2n) is 12.2. The van der Waals surface area contributed by atoms with Gasteiger partial charge in [-0.2, -0.15) is 0 Å². The Labute approximate surface area is 275 Å². The molecular weight excluding hydrogens is 608 g/mol. The first-order valence-electron chi connectivity index (χ1n) is 15.3. The van der Waals surface area contributed by atoms with Crippen molar-refractivity contribution in [1.82, 2.24) is 5.32 Å². The van der Waals surface area contributed by atoms with E-state index in [1.807, 2.05) is 0 Å². The standard InChI is InChI=1S/C35H41ClN4O6/c1-35(2,3)46-33(43)25-13-9-15-27(19-25)38-34(44)37-21-31(41)40(22-24-11-5-6-12-24)29-17-7-8-18-30(29)45-23-32(42)39(4)28-16-10-14-26(36)20-28/h7-10,13-20,24H,5-6,11-12,21-23H2,1-4H3,(H2,37,38,44). The minimum absolute atomic E-state index is 0.255. The smallest absolute Gasteiger partial charge is 0.338 e. The van der Waals surface area contributed by atoms with E-state index in [-0.39, 0.29) is 25.0 Å². The Morgan fingerprint density at radius 3 is 2.35 bits per heavy atom. The fraction of sp³-hybridized carbons (Fsp3) is 0.371. The number of hydrogen-bond donors (Lipinski definition) is 2. The Hall–Kier alpha value is -4.57. The van der Waals surface area contributed by atoms with Gasteiger partial charge in [0.25, 0.3) is 5.91 Å². The van der Waals surface area contributed by atoms with Gasteiger partial charge in [-0.25, -0.2) is 9.59 Å². The van der Waals surface area contributed by atoms with Crippen molar-refractivity contribution in [3.05, 3.63) is 83.4 Å². The van der Waals surface area contributed by atoms with Crippen molar-refractivity contribution in [2.24, 2.45) is 5.92 Å². The molecule has 3 aromatic rings. The molecule has 1 aliphatic rings. The maximum atomic E-state index is 13.7. The third-order valence-corrected chi connectivity index (χ3v) is 7.68. The first kappa shape index (κ1) is 34.3. The van der Waals surface area contributed by atoms with Gasteiger partial charge in [-0.1, -0.05) is 48.7 Å². The molecule has 11 heteroatoms. The van der Waals surface area contributed by atoms with Crippen LogP contribution in [0, 0.1) is 5.92 Å². The molecule has 0 aromatic heterocycles. The van der Waals surface area contributed by atoms with Gasteiger partial charge in [0.1, 0.15) is 11.4 Å². The minimum atomic E-state index is -0.658. The molecule has 1 saturated carbocycles. The number of esters is 1. The van der Waals surface area contributed by atoms with Gasteiger partial charge in [0.2, 0.25) is 5.91 Å². The average Bonchev–Trinajstić information content (AvgIpc) is 3.54. The Balaban J connectivity index is 1.42. The number of carbonyl (C=O) groups excluding carboxylic acids is 4. The molecule has 4 rings (SSSR count). The van der Waals surface area contributed by atoms with Crippen LogP contribution in [0.5, 0.6) is 5.75 Å². The number of hydrogen-bond acceptors (Lipinski definition) is 6. The van der Waals surface area contributed by atoms with Gasteiger partial charge in [0, 0.05) is 30.0 Å². The van der Waals surface area contributed by atoms with Crippen molar-refractivity contribution in [2.75, 3.05) is 41.9 Å². The number of likely N-dealkylation sites (N-methyl/N-ethyl adjacent to an activating group) is 1. The highest BCUT2D eigenvalue weighted by Gasteiger charge is 2.26. The predicted molar refractivity (Wildman–Crippen MR) is 180 cm³/mol. The van der Waals surface area contributed by atoms with E-state index in [2.05, 4.69) is 10.6 Å². The maximum absolute atomic E-state index is 13.7. The largest absolute Gasteiger partial charge is 0.482 e. The van der Waals surface area contributed by atoms with Crippen LogP contribution >= 0.6 is 11.6 Å². The molecule has 10 nitrogen and oxygen atoms in total. The molecule has 46 heavy (non-hydrogen) atoms. The van der Waals surface area contributed by atoms with Crippen LogP contribution < -0.4 is 25.2 Å². The van der Waals surface area contributed by atoms with Crippen LogP contribution in [-0.2, 0) is 14.3 Å². The van der Waals surface area contributed by atoms with Gasteiger partial charge in [-0.05, 0) is 88.1 Å². The molecule has 0 unspecified atom stereocenters. The SMILES string of the molecule is CN(C(=O)COc1ccccc1N(CC1CCCC1)C(=O)CNC(=O)Nc1cccc(C(=O)OC(C)(C)C)c1)c1cccc(Cl)c1. The lowest BCUT2D eigenvalue weighted by Gasteiger charge is -2.28. The monoisotopic (exact) mass is 648 g/mol. The normalized spacial score (nSPS) is 13.1. The third-order valence-electron chi connectivity index (χ3n) is 7.45. The van der Waals surface area contributed by atoms with Crippen molar-refractivity contribution in [2.45, 2.75) is 52.1 Å². The van der Waals surface area contributed by atoms with Crippen molar-refractivity contribution in [3.63, 3.8) is 0 Å². The van der Waals surface area contributed by atoms with E-state index in [0.717, 1.165) is 25.7 Å². The molecule has 2 N–H and O–H groups in total. The summed E-state index contributed by atoms with van der Waals surface area (Å²) in [6.45, 7) is 5.25. The molecule has 0 saturated heterocycles. The van der Waals surface area contributed by atoms with E-state index >= 15 is 0 Å². The maximum Gasteiger partial charge on any atom is 0.338 e. The second kappa shape index (κ2) is 15.6. The average molecular weight is 649 g/mol. The molecule has 0 heterocycles. The molecule has 0 atom stereocenters. The van der Waals surface area contributed by atoms with Crippen molar-refractivity contribution >= 4 is 52.5 Å². The summed E-state index contributed by atoms with van der Waals surface area (Å²) in [5.74, 6) is -0.446. The van der Waals surface area contributed by atoms with Crippen LogP contribution in [-0.4, -0.2) is 56.2 Å². The third kappa shape index (κ3) is 9.97. The molecule has 0 bridgehead atoms. The van der Waals surface area contributed by atoms with Crippen LogP contribution in [0.1, 0.15) is 56.8 Å². The number of urea groups is 1. The topological polar surface area (TPSA) is 117 Å². The summed E-state index contributed by atoms with van der Waals surface area (Å²) in [5.41, 5.74) is 1.16. The van der Waals surface area contributed by atoms with E-state index in [1.165, 1.54) is 11.0 Å². The highest BCUT2D eigenvalue weighted by molar-refractivity contribution is 6.30. The van der Waals surface area contributed by atoms with Gasteiger partial charge in [-0.3, -0.25) is 9.59 Å². The second-order valence-corrected chi connectivity index (χ2v) is 12.7. The van der Waals surface area contributed by atoms with Crippen LogP contribution in [0.4, 0.5) is 21.9 Å². The first-order valence-corrected chi connectivity index (χ1v) is 15.7. The molecular formula is C35H41ClN4O6. The number of amides is 4. The lowest BCUT2D eigenvalue weighted by Crippen LogP contribution is -2.43. The Morgan fingerprint density at radius 2 is 1.63 bits per heavy atom. The fourth-order valence-corrected chi connectivity index (χ4v) is 5.32. The molecule has 3 aromatic carbocycles. The quantitative estimate of drug-likeness (QED) is 0.224. The fourth-order valence-electron chi connectivity index (χ4n) is 5.14. The molecule has 0 aliphatic heterocycles. The predicted octanol–water partition coefficient (Wildman–Crippen LogP) is 6.68. The van der Waals surface area contributed by atoms with Gasteiger partial charge in [-0.15, -0.1) is 0 Å². The Morgan fingerprint density at radius 1 is 0.913 bits per heavy atom. The Bertz CT molecular complexity index is 1550. The van der Waals surface area contributed by atoms with E-state index in [0.29, 0.717) is 45.9 Å². The van der Waals surface area contributed by atoms with Crippen LogP contribution in [0.15, 0.2) is 72.8 Å². The zero-order valence-electron chi connectivity index (χ0n) is 26.7. The van der Waals surface area contributed by atoms with E-state index in [4.69, 9.17) is 21.1 Å². The van der Waals surface area contributed by atoms with Gasteiger partial charge in [0.15, 0.2) is 6.61 Å². The summed E-state index contributed by atoms with van der Waals surface area (Å²) in [7, 11) is 1.64. The summed E-state index contributed by atoms with van der Waals surface area (Å²) in [4.78, 5) is 55.0. The summed E-state index contributed by atoms with van der Waals surface area (Å²) in [6.07, 6.45) is 4.19. The molecule has 244 valence electrons. The number of halogens is 1. The first-order chi connectivity index (χ1) is 21.9. The van der Waals surface area contributed by atoms with Crippen LogP contribution in [0.3, 0.4) is 0 Å². The molecule has 1 fully saturated rings. The molecule has 0 spiro atoms. The summed E-state index contributed by atoms with van der Waals surface area (Å²) in [6, 6.07) is 19.8. The number of rotatable bonds is 11. The number of carbonyl (C=O) groups is 4. The molecule has 0 radical (unpaired) electrons. The highest BCUT2D eigenvalue weighted by atomic mass is 35.5. The molecule has 4 amide bonds. The van der Waals surface area contributed by atoms with Crippen molar-refractivity contribution in [3.8, 4) is 5.75 Å². The lowest BCUT2D eigenvalue weighted by atomic mass is 10.1. The summed E-state index contributed by atoms with van der Waals surface area (Å²) < 4.78 is 11.4. The number of nitrogens with one attached hydrogen (secondary N) is 2. The van der Waals surface area contributed by atoms with Crippen LogP contribution in [0.2, 0.25) is 5.02 Å². The Kier molecular flexibility index (Phi) is 11.7. The number of anilines is 3. The van der Waals surface area contributed by atoms with Crippen molar-refractivity contribution < 1.29 is 28.7 Å². The van der Waals surface area contributed by atoms with E-state index < -0.39 is 17.6 Å². The van der Waals surface area contributed by atoms with Crippen molar-refractivity contribution in [1.29, 1.82) is 0 Å². The zero-order valence-corrected chi connectivity index (χ0v) is 27.4. The number of nitrogens with zero attached hydrogens (tertiary/aromatic N) is 2. The summed E-state index contributed by atoms with van der Waals surface area (Å²) >= 11 is 6.09. The number of benzene rings is 3. The number of ether oxygens (including phenoxy) is 2. The van der Waals surface area contributed by atoms with Gasteiger partial charge < -0.3 is 29.9 Å². The number of para-hydroxylation sites is 2. The van der Waals surface area contributed by atoms with Gasteiger partial charge in [0.05, 0.1) is 17.8 Å². The zero-order chi connectivity index (χ0) is 33.3. The minimum Gasteiger partial charge on any atom is -0.482 e. The summed E-state index contributed by atoms with van der Waals surface area (Å²) in [5, 5.41) is 5.82. The highest BCUT2D eigenvalue weighted by Crippen LogP contribution is 2.33. The molecule has 1 aliphatic carbocycles. The van der Waals surface area contributed by atoms with Crippen LogP contribution in [0.25, 0.3) is 0 Å². The van der Waals surface area contributed by atoms with E-state index in [1.54, 1.807) is 99.4 Å². The lowest BCUT2D eigenvalue weighted by molar-refractivity contribution is -0.120. The van der Waals surface area contributed by atoms with E-state index in [9.17, 15) is 19.2 Å². The van der Waals surface area contributed by atoms with Gasteiger partial charge >= 0.3 is 12.0 Å².